The number of benzene rings is 1. The molecule has 0 saturated heterocycles. The number of alkyl halides is 3. The van der Waals surface area contributed by atoms with E-state index in [-0.39, 0.29) is 0 Å². The van der Waals surface area contributed by atoms with Crippen molar-refractivity contribution in [1.82, 2.24) is 14.7 Å². The molecule has 1 heterocycles. The molecule has 2 aromatic rings. The summed E-state index contributed by atoms with van der Waals surface area (Å²) in [5.74, 6) is 0. The molecule has 1 aromatic heterocycles. The van der Waals surface area contributed by atoms with Crippen molar-refractivity contribution in [3.63, 3.8) is 0 Å². The van der Waals surface area contributed by atoms with Gasteiger partial charge in [-0.15, -0.1) is 0 Å². The zero-order chi connectivity index (χ0) is 19.5. The van der Waals surface area contributed by atoms with E-state index in [4.69, 9.17) is 0 Å². The monoisotopic (exact) mass is 399 g/mol. The van der Waals surface area contributed by atoms with E-state index in [2.05, 4.69) is 14.7 Å². The van der Waals surface area contributed by atoms with E-state index in [1.165, 1.54) is 30.7 Å². The molecule has 1 atom stereocenters. The highest BCUT2D eigenvalue weighted by molar-refractivity contribution is 7.90. The van der Waals surface area contributed by atoms with Gasteiger partial charge in [0.05, 0.1) is 28.7 Å². The number of aromatic nitrogens is 2. The van der Waals surface area contributed by atoms with Gasteiger partial charge in [-0.3, -0.25) is 9.97 Å². The zero-order valence-electron chi connectivity index (χ0n) is 14.5. The topological polar surface area (TPSA) is 72.0 Å². The molecule has 1 aromatic carbocycles. The fourth-order valence-electron chi connectivity index (χ4n) is 3.26. The molecule has 1 fully saturated rings. The third-order valence-electron chi connectivity index (χ3n) is 4.72. The minimum atomic E-state index is -4.46. The Labute approximate surface area is 156 Å². The Morgan fingerprint density at radius 2 is 1.70 bits per heavy atom. The van der Waals surface area contributed by atoms with Crippen molar-refractivity contribution in [2.45, 2.75) is 49.6 Å². The summed E-state index contributed by atoms with van der Waals surface area (Å²) in [7, 11) is -3.66. The highest BCUT2D eigenvalue weighted by Crippen LogP contribution is 2.31. The van der Waals surface area contributed by atoms with Crippen molar-refractivity contribution in [2.24, 2.45) is 0 Å². The predicted octanol–water partition coefficient (Wildman–Crippen LogP) is 3.84. The van der Waals surface area contributed by atoms with Crippen molar-refractivity contribution in [2.75, 3.05) is 0 Å². The van der Waals surface area contributed by atoms with Crippen LogP contribution in [-0.2, 0) is 16.2 Å². The lowest BCUT2D eigenvalue weighted by molar-refractivity contribution is -0.137. The van der Waals surface area contributed by atoms with Crippen LogP contribution in [0.2, 0.25) is 0 Å². The average Bonchev–Trinajstić information content (AvgIpc) is 2.67. The van der Waals surface area contributed by atoms with Crippen LogP contribution in [0.15, 0.2) is 42.9 Å². The Kier molecular flexibility index (Phi) is 5.81. The van der Waals surface area contributed by atoms with Crippen molar-refractivity contribution in [1.29, 1.82) is 0 Å². The third kappa shape index (κ3) is 4.84. The van der Waals surface area contributed by atoms with Crippen molar-refractivity contribution in [3.05, 3.63) is 59.7 Å². The minimum Gasteiger partial charge on any atom is -0.261 e. The Morgan fingerprint density at radius 1 is 1.04 bits per heavy atom. The quantitative estimate of drug-likeness (QED) is 0.829. The molecule has 0 amide bonds. The number of halogens is 3. The van der Waals surface area contributed by atoms with Crippen LogP contribution in [0.3, 0.4) is 0 Å². The van der Waals surface area contributed by atoms with Crippen LogP contribution in [0.25, 0.3) is 0 Å². The Morgan fingerprint density at radius 3 is 2.26 bits per heavy atom. The van der Waals surface area contributed by atoms with Gasteiger partial charge in [0.15, 0.2) is 0 Å². The highest BCUT2D eigenvalue weighted by atomic mass is 32.2. The van der Waals surface area contributed by atoms with Gasteiger partial charge in [0, 0.05) is 12.4 Å². The molecule has 146 valence electrons. The summed E-state index contributed by atoms with van der Waals surface area (Å²) >= 11 is 0. The summed E-state index contributed by atoms with van der Waals surface area (Å²) in [6.45, 7) is 0. The molecule has 0 radical (unpaired) electrons. The van der Waals surface area contributed by atoms with Crippen LogP contribution in [-0.4, -0.2) is 23.6 Å². The summed E-state index contributed by atoms with van der Waals surface area (Å²) in [5, 5.41) is -0.500. The van der Waals surface area contributed by atoms with Gasteiger partial charge in [0.25, 0.3) is 0 Å². The van der Waals surface area contributed by atoms with E-state index in [0.29, 0.717) is 24.1 Å². The summed E-state index contributed by atoms with van der Waals surface area (Å²) in [6, 6.07) is 3.52. The smallest absolute Gasteiger partial charge is 0.261 e. The Bertz CT molecular complexity index is 850. The van der Waals surface area contributed by atoms with Crippen molar-refractivity contribution >= 4 is 10.0 Å². The molecule has 1 N–H and O–H groups in total. The maximum absolute atomic E-state index is 12.8. The standard InChI is InChI=1S/C18H20F3N3O2S/c19-18(20,21)14-8-6-13(7-9-14)17(16-12-22-10-11-23-16)24-27(25,26)15-4-2-1-3-5-15/h6-12,15,17,24H,1-5H2. The van der Waals surface area contributed by atoms with Gasteiger partial charge >= 0.3 is 6.18 Å². The molecule has 1 unspecified atom stereocenters. The summed E-state index contributed by atoms with van der Waals surface area (Å²) in [6.07, 6.45) is 3.69. The average molecular weight is 399 g/mol. The Hall–Kier alpha value is -2.00. The highest BCUT2D eigenvalue weighted by Gasteiger charge is 2.33. The van der Waals surface area contributed by atoms with Gasteiger partial charge in [-0.25, -0.2) is 13.1 Å². The number of nitrogens with one attached hydrogen (secondary N) is 1. The minimum absolute atomic E-state index is 0.330. The van der Waals surface area contributed by atoms with E-state index in [1.807, 2.05) is 0 Å². The van der Waals surface area contributed by atoms with Crippen LogP contribution in [0, 0.1) is 0 Å². The van der Waals surface area contributed by atoms with Gasteiger partial charge in [-0.2, -0.15) is 13.2 Å². The molecule has 0 aliphatic heterocycles. The van der Waals surface area contributed by atoms with Gasteiger partial charge in [0.1, 0.15) is 0 Å². The van der Waals surface area contributed by atoms with E-state index in [0.717, 1.165) is 31.4 Å². The van der Waals surface area contributed by atoms with Crippen molar-refractivity contribution in [3.8, 4) is 0 Å². The lowest BCUT2D eigenvalue weighted by atomic mass is 10.0. The lowest BCUT2D eigenvalue weighted by Crippen LogP contribution is -2.38. The first-order chi connectivity index (χ1) is 12.8. The number of hydrogen-bond acceptors (Lipinski definition) is 4. The van der Waals surface area contributed by atoms with E-state index in [9.17, 15) is 21.6 Å². The first-order valence-corrected chi connectivity index (χ1v) is 10.3. The maximum Gasteiger partial charge on any atom is 0.416 e. The molecule has 3 rings (SSSR count). The molecule has 5 nitrogen and oxygen atoms in total. The van der Waals surface area contributed by atoms with Crippen LogP contribution in [0.4, 0.5) is 13.2 Å². The van der Waals surface area contributed by atoms with E-state index in [1.54, 1.807) is 0 Å². The fourth-order valence-corrected chi connectivity index (χ4v) is 4.99. The summed E-state index contributed by atoms with van der Waals surface area (Å²) in [4.78, 5) is 8.10. The fraction of sp³-hybridized carbons (Fsp3) is 0.444. The molecule has 1 aliphatic rings. The number of nitrogens with zero attached hydrogens (tertiary/aromatic N) is 2. The lowest BCUT2D eigenvalue weighted by Gasteiger charge is -2.26. The molecule has 0 bridgehead atoms. The first-order valence-electron chi connectivity index (χ1n) is 8.71. The second kappa shape index (κ2) is 7.93. The van der Waals surface area contributed by atoms with Gasteiger partial charge < -0.3 is 0 Å². The molecule has 0 spiro atoms. The zero-order valence-corrected chi connectivity index (χ0v) is 15.3. The van der Waals surface area contributed by atoms with Crippen LogP contribution < -0.4 is 4.72 Å². The normalized spacial score (nSPS) is 17.6. The predicted molar refractivity (Wildman–Crippen MR) is 94.2 cm³/mol. The van der Waals surface area contributed by atoms with E-state index < -0.39 is 33.1 Å². The Balaban J connectivity index is 1.92. The molecular weight excluding hydrogens is 379 g/mol. The van der Waals surface area contributed by atoms with Gasteiger partial charge in [0.2, 0.25) is 10.0 Å². The number of sulfonamides is 1. The number of hydrogen-bond donors (Lipinski definition) is 1. The molecule has 1 saturated carbocycles. The van der Waals surface area contributed by atoms with Crippen LogP contribution in [0.1, 0.15) is 55.0 Å². The van der Waals surface area contributed by atoms with E-state index >= 15 is 0 Å². The third-order valence-corrected chi connectivity index (χ3v) is 6.64. The number of rotatable bonds is 5. The molecular formula is C18H20F3N3O2S. The second-order valence-electron chi connectivity index (χ2n) is 6.61. The largest absolute Gasteiger partial charge is 0.416 e. The van der Waals surface area contributed by atoms with Crippen molar-refractivity contribution < 1.29 is 21.6 Å². The van der Waals surface area contributed by atoms with Gasteiger partial charge in [-0.05, 0) is 30.5 Å². The SMILES string of the molecule is O=S(=O)(NC(c1ccc(C(F)(F)F)cc1)c1cnccn1)C1CCCCC1. The summed E-state index contributed by atoms with van der Waals surface area (Å²) in [5.41, 5.74) is -0.0844. The maximum atomic E-state index is 12.8. The molecule has 1 aliphatic carbocycles. The molecule has 27 heavy (non-hydrogen) atoms. The first kappa shape index (κ1) is 19.8. The second-order valence-corrected chi connectivity index (χ2v) is 8.60. The van der Waals surface area contributed by atoms with Crippen LogP contribution >= 0.6 is 0 Å². The van der Waals surface area contributed by atoms with Gasteiger partial charge in [-0.1, -0.05) is 31.4 Å². The molecule has 9 heteroatoms. The summed E-state index contributed by atoms with van der Waals surface area (Å²) < 4.78 is 66.8. The van der Waals surface area contributed by atoms with Crippen LogP contribution in [0.5, 0.6) is 0 Å².